The summed E-state index contributed by atoms with van der Waals surface area (Å²) in [5, 5.41) is 10.9. The molecule has 7 heteroatoms. The van der Waals surface area contributed by atoms with Gasteiger partial charge in [0.05, 0.1) is 6.20 Å². The van der Waals surface area contributed by atoms with Crippen LogP contribution in [0.25, 0.3) is 0 Å². The molecule has 0 aliphatic rings. The molecule has 1 N–H and O–H groups in total. The van der Waals surface area contributed by atoms with Crippen LogP contribution in [0.2, 0.25) is 0 Å². The molecule has 0 aliphatic heterocycles. The minimum Gasteiger partial charge on any atom is -0.370 e. The zero-order valence-electron chi connectivity index (χ0n) is 9.47. The predicted octanol–water partition coefficient (Wildman–Crippen LogP) is 1.64. The summed E-state index contributed by atoms with van der Waals surface area (Å²) in [4.78, 5) is 8.43. The Labute approximate surface area is 108 Å². The molecular formula is C10H13BrN6. The Kier molecular flexibility index (Phi) is 4.03. The van der Waals surface area contributed by atoms with Crippen molar-refractivity contribution >= 4 is 21.7 Å². The molecule has 0 radical (unpaired) electrons. The van der Waals surface area contributed by atoms with Gasteiger partial charge in [-0.2, -0.15) is 0 Å². The lowest BCUT2D eigenvalue weighted by molar-refractivity contribution is 0.569. The van der Waals surface area contributed by atoms with Gasteiger partial charge in [-0.05, 0) is 29.3 Å². The van der Waals surface area contributed by atoms with Crippen LogP contribution in [-0.4, -0.2) is 31.5 Å². The van der Waals surface area contributed by atoms with Gasteiger partial charge in [0.2, 0.25) is 0 Å². The first-order valence-electron chi connectivity index (χ1n) is 5.33. The number of anilines is 1. The number of nitrogens with one attached hydrogen (secondary N) is 1. The van der Waals surface area contributed by atoms with Crippen molar-refractivity contribution in [2.75, 3.05) is 11.9 Å². The van der Waals surface area contributed by atoms with Crippen LogP contribution in [0.15, 0.2) is 23.1 Å². The first kappa shape index (κ1) is 12.0. The van der Waals surface area contributed by atoms with E-state index in [1.165, 1.54) is 0 Å². The zero-order chi connectivity index (χ0) is 12.1. The van der Waals surface area contributed by atoms with Crippen LogP contribution in [-0.2, 0) is 6.54 Å². The van der Waals surface area contributed by atoms with E-state index < -0.39 is 0 Å². The van der Waals surface area contributed by atoms with E-state index in [9.17, 15) is 0 Å². The second-order valence-corrected chi connectivity index (χ2v) is 4.38. The summed E-state index contributed by atoms with van der Waals surface area (Å²) in [6.07, 6.45) is 4.49. The number of hydrogen-bond donors (Lipinski definition) is 1. The minimum atomic E-state index is 0.748. The normalized spacial score (nSPS) is 10.5. The van der Waals surface area contributed by atoms with Crippen molar-refractivity contribution in [3.05, 3.63) is 28.9 Å². The number of aryl methyl sites for hydroxylation is 2. The smallest absolute Gasteiger partial charge is 0.130 e. The molecule has 0 aliphatic carbocycles. The summed E-state index contributed by atoms with van der Waals surface area (Å²) in [5.74, 6) is 1.58. The van der Waals surface area contributed by atoms with Crippen LogP contribution >= 0.6 is 15.9 Å². The highest BCUT2D eigenvalue weighted by atomic mass is 79.9. The highest BCUT2D eigenvalue weighted by molar-refractivity contribution is 9.10. The monoisotopic (exact) mass is 296 g/mol. The van der Waals surface area contributed by atoms with Gasteiger partial charge >= 0.3 is 0 Å². The van der Waals surface area contributed by atoms with Gasteiger partial charge in [-0.25, -0.2) is 9.97 Å². The second kappa shape index (κ2) is 5.72. The fourth-order valence-corrected chi connectivity index (χ4v) is 1.90. The maximum absolute atomic E-state index is 4.28. The van der Waals surface area contributed by atoms with Crippen LogP contribution < -0.4 is 5.32 Å². The molecule has 2 aromatic rings. The quantitative estimate of drug-likeness (QED) is 0.671. The summed E-state index contributed by atoms with van der Waals surface area (Å²) in [6.45, 7) is 3.55. The Hall–Kier alpha value is -1.50. The SMILES string of the molecule is Cc1nc(Br)cc(NCCCn2ccnn2)n1. The maximum Gasteiger partial charge on any atom is 0.130 e. The zero-order valence-corrected chi connectivity index (χ0v) is 11.1. The first-order chi connectivity index (χ1) is 8.24. The van der Waals surface area contributed by atoms with Gasteiger partial charge in [0, 0.05) is 25.4 Å². The van der Waals surface area contributed by atoms with E-state index >= 15 is 0 Å². The van der Waals surface area contributed by atoms with Crippen molar-refractivity contribution in [1.82, 2.24) is 25.0 Å². The molecule has 17 heavy (non-hydrogen) atoms. The molecule has 90 valence electrons. The van der Waals surface area contributed by atoms with Crippen molar-refractivity contribution in [3.63, 3.8) is 0 Å². The Balaban J connectivity index is 1.78. The molecule has 0 amide bonds. The molecule has 0 aromatic carbocycles. The van der Waals surface area contributed by atoms with E-state index in [0.717, 1.165) is 35.8 Å². The van der Waals surface area contributed by atoms with Crippen LogP contribution in [0.1, 0.15) is 12.2 Å². The molecule has 0 saturated carbocycles. The van der Waals surface area contributed by atoms with E-state index in [4.69, 9.17) is 0 Å². The van der Waals surface area contributed by atoms with Crippen LogP contribution in [0.3, 0.4) is 0 Å². The Morgan fingerprint density at radius 1 is 1.41 bits per heavy atom. The van der Waals surface area contributed by atoms with Crippen molar-refractivity contribution in [1.29, 1.82) is 0 Å². The Morgan fingerprint density at radius 2 is 2.29 bits per heavy atom. The van der Waals surface area contributed by atoms with Crippen molar-refractivity contribution in [2.45, 2.75) is 19.9 Å². The van der Waals surface area contributed by atoms with Gasteiger partial charge in [0.1, 0.15) is 16.2 Å². The molecule has 6 nitrogen and oxygen atoms in total. The van der Waals surface area contributed by atoms with E-state index in [0.29, 0.717) is 0 Å². The highest BCUT2D eigenvalue weighted by Crippen LogP contribution is 2.11. The summed E-state index contributed by atoms with van der Waals surface area (Å²) in [7, 11) is 0. The van der Waals surface area contributed by atoms with Gasteiger partial charge < -0.3 is 5.32 Å². The predicted molar refractivity (Wildman–Crippen MR) is 67.6 cm³/mol. The minimum absolute atomic E-state index is 0.748. The lowest BCUT2D eigenvalue weighted by Gasteiger charge is -2.06. The standard InChI is InChI=1S/C10H13BrN6/c1-8-14-9(11)7-10(15-8)12-3-2-5-17-6-4-13-16-17/h4,6-7H,2-3,5H2,1H3,(H,12,14,15). The summed E-state index contributed by atoms with van der Waals surface area (Å²) in [5.41, 5.74) is 0. The molecule has 0 unspecified atom stereocenters. The van der Waals surface area contributed by atoms with Crippen molar-refractivity contribution < 1.29 is 0 Å². The topological polar surface area (TPSA) is 68.5 Å². The molecule has 2 heterocycles. The lowest BCUT2D eigenvalue weighted by Crippen LogP contribution is -2.09. The van der Waals surface area contributed by atoms with Crippen LogP contribution in [0, 0.1) is 6.92 Å². The van der Waals surface area contributed by atoms with E-state index in [-0.39, 0.29) is 0 Å². The fourth-order valence-electron chi connectivity index (χ4n) is 1.43. The maximum atomic E-state index is 4.28. The fraction of sp³-hybridized carbons (Fsp3) is 0.400. The van der Waals surface area contributed by atoms with Gasteiger partial charge in [-0.15, -0.1) is 5.10 Å². The van der Waals surface area contributed by atoms with Gasteiger partial charge in [-0.1, -0.05) is 5.21 Å². The number of nitrogens with zero attached hydrogens (tertiary/aromatic N) is 5. The third kappa shape index (κ3) is 3.77. The Morgan fingerprint density at radius 3 is 3.00 bits per heavy atom. The van der Waals surface area contributed by atoms with Gasteiger partial charge in [0.25, 0.3) is 0 Å². The Bertz CT molecular complexity index is 449. The summed E-state index contributed by atoms with van der Waals surface area (Å²) < 4.78 is 2.60. The molecular weight excluding hydrogens is 284 g/mol. The van der Waals surface area contributed by atoms with Gasteiger partial charge in [-0.3, -0.25) is 4.68 Å². The average Bonchev–Trinajstić information content (AvgIpc) is 2.76. The van der Waals surface area contributed by atoms with E-state index in [1.807, 2.05) is 23.9 Å². The number of halogens is 1. The molecule has 0 bridgehead atoms. The third-order valence-corrected chi connectivity index (χ3v) is 2.55. The van der Waals surface area contributed by atoms with Crippen LogP contribution in [0.4, 0.5) is 5.82 Å². The highest BCUT2D eigenvalue weighted by Gasteiger charge is 1.99. The molecule has 0 fully saturated rings. The van der Waals surface area contributed by atoms with E-state index in [2.05, 4.69) is 41.5 Å². The van der Waals surface area contributed by atoms with Crippen LogP contribution in [0.5, 0.6) is 0 Å². The summed E-state index contributed by atoms with van der Waals surface area (Å²) in [6, 6.07) is 1.86. The molecule has 2 rings (SSSR count). The molecule has 0 saturated heterocycles. The number of rotatable bonds is 5. The third-order valence-electron chi connectivity index (χ3n) is 2.15. The summed E-state index contributed by atoms with van der Waals surface area (Å²) >= 11 is 3.34. The van der Waals surface area contributed by atoms with E-state index in [1.54, 1.807) is 6.20 Å². The van der Waals surface area contributed by atoms with Crippen molar-refractivity contribution in [3.8, 4) is 0 Å². The second-order valence-electron chi connectivity index (χ2n) is 3.57. The van der Waals surface area contributed by atoms with Crippen molar-refractivity contribution in [2.24, 2.45) is 0 Å². The number of hydrogen-bond acceptors (Lipinski definition) is 5. The molecule has 0 spiro atoms. The lowest BCUT2D eigenvalue weighted by atomic mass is 10.4. The average molecular weight is 297 g/mol. The first-order valence-corrected chi connectivity index (χ1v) is 6.12. The van der Waals surface area contributed by atoms with Gasteiger partial charge in [0.15, 0.2) is 0 Å². The number of aromatic nitrogens is 5. The molecule has 2 aromatic heterocycles. The molecule has 0 atom stereocenters. The largest absolute Gasteiger partial charge is 0.370 e.